The summed E-state index contributed by atoms with van der Waals surface area (Å²) in [7, 11) is 1.69. The third kappa shape index (κ3) is 2.98. The number of hydrogen-bond acceptors (Lipinski definition) is 5. The highest BCUT2D eigenvalue weighted by atomic mass is 32.1. The molecule has 1 N–H and O–H groups in total. The normalized spacial score (nSPS) is 19.6. The van der Waals surface area contributed by atoms with E-state index < -0.39 is 0 Å². The van der Waals surface area contributed by atoms with E-state index >= 15 is 0 Å². The maximum atomic E-state index is 11.3. The number of hydrogen-bond donors (Lipinski definition) is 1. The van der Waals surface area contributed by atoms with Gasteiger partial charge in [-0.3, -0.25) is 4.79 Å². The lowest BCUT2D eigenvalue weighted by molar-refractivity contribution is -0.121. The minimum atomic E-state index is 0.127. The quantitative estimate of drug-likeness (QED) is 0.901. The Morgan fingerprint density at radius 2 is 2.33 bits per heavy atom. The van der Waals surface area contributed by atoms with Crippen LogP contribution in [0.4, 0.5) is 5.13 Å². The first kappa shape index (κ1) is 13.3. The van der Waals surface area contributed by atoms with Crippen LogP contribution in [0.1, 0.15) is 37.6 Å². The molecule has 0 radical (unpaired) electrons. The summed E-state index contributed by atoms with van der Waals surface area (Å²) in [5, 5.41) is 13.2. The van der Waals surface area contributed by atoms with E-state index in [2.05, 4.69) is 34.3 Å². The molecule has 1 atom stereocenters. The summed E-state index contributed by atoms with van der Waals surface area (Å²) < 4.78 is 0. The van der Waals surface area contributed by atoms with Crippen molar-refractivity contribution in [3.05, 3.63) is 5.01 Å². The van der Waals surface area contributed by atoms with Crippen molar-refractivity contribution in [2.24, 2.45) is 5.92 Å². The van der Waals surface area contributed by atoms with Crippen LogP contribution in [0.2, 0.25) is 0 Å². The van der Waals surface area contributed by atoms with Crippen molar-refractivity contribution < 1.29 is 4.79 Å². The fourth-order valence-electron chi connectivity index (χ4n) is 2.12. The Hall–Kier alpha value is -1.17. The predicted molar refractivity (Wildman–Crippen MR) is 73.0 cm³/mol. The highest BCUT2D eigenvalue weighted by molar-refractivity contribution is 7.15. The molecule has 1 amide bonds. The maximum absolute atomic E-state index is 11.3. The smallest absolute Gasteiger partial charge is 0.220 e. The summed E-state index contributed by atoms with van der Waals surface area (Å²) in [6.45, 7) is 6.15. The fraction of sp³-hybridized carbons (Fsp3) is 0.750. The van der Waals surface area contributed by atoms with Gasteiger partial charge in [0.05, 0.1) is 0 Å². The van der Waals surface area contributed by atoms with Gasteiger partial charge >= 0.3 is 0 Å². The lowest BCUT2D eigenvalue weighted by atomic mass is 10.1. The topological polar surface area (TPSA) is 58.1 Å². The Morgan fingerprint density at radius 1 is 1.56 bits per heavy atom. The zero-order valence-corrected chi connectivity index (χ0v) is 12.0. The van der Waals surface area contributed by atoms with Crippen LogP contribution in [0.25, 0.3) is 0 Å². The second-order valence-corrected chi connectivity index (χ2v) is 6.04. The second-order valence-electron chi connectivity index (χ2n) is 5.06. The van der Waals surface area contributed by atoms with E-state index in [-0.39, 0.29) is 5.91 Å². The number of amides is 1. The molecule has 5 nitrogen and oxygen atoms in total. The van der Waals surface area contributed by atoms with E-state index in [1.807, 2.05) is 0 Å². The summed E-state index contributed by atoms with van der Waals surface area (Å²) in [5.74, 6) is 0.999. The van der Waals surface area contributed by atoms with Crippen LogP contribution in [0.5, 0.6) is 0 Å². The molecular formula is C12H20N4OS. The van der Waals surface area contributed by atoms with Crippen LogP contribution in [-0.2, 0) is 4.79 Å². The molecule has 0 spiro atoms. The van der Waals surface area contributed by atoms with E-state index in [4.69, 9.17) is 0 Å². The van der Waals surface area contributed by atoms with Gasteiger partial charge in [0.2, 0.25) is 11.0 Å². The molecule has 2 heterocycles. The van der Waals surface area contributed by atoms with Gasteiger partial charge in [-0.1, -0.05) is 25.2 Å². The number of nitrogens with zero attached hydrogens (tertiary/aromatic N) is 3. The largest absolute Gasteiger partial charge is 0.359 e. The molecule has 0 aromatic carbocycles. The zero-order valence-electron chi connectivity index (χ0n) is 11.1. The summed E-state index contributed by atoms with van der Waals surface area (Å²) in [5.41, 5.74) is 0. The summed E-state index contributed by atoms with van der Waals surface area (Å²) >= 11 is 1.67. The summed E-state index contributed by atoms with van der Waals surface area (Å²) in [6, 6.07) is 0. The molecule has 1 saturated heterocycles. The first-order valence-corrected chi connectivity index (χ1v) is 7.20. The van der Waals surface area contributed by atoms with Crippen LogP contribution in [-0.4, -0.2) is 36.2 Å². The van der Waals surface area contributed by atoms with Crippen molar-refractivity contribution in [2.75, 3.05) is 25.0 Å². The molecule has 18 heavy (non-hydrogen) atoms. The van der Waals surface area contributed by atoms with Gasteiger partial charge in [-0.15, -0.1) is 10.2 Å². The van der Waals surface area contributed by atoms with Gasteiger partial charge in [-0.2, -0.15) is 0 Å². The molecule has 0 saturated carbocycles. The van der Waals surface area contributed by atoms with Gasteiger partial charge in [0, 0.05) is 32.5 Å². The van der Waals surface area contributed by atoms with Crippen molar-refractivity contribution in [3.63, 3.8) is 0 Å². The van der Waals surface area contributed by atoms with Gasteiger partial charge in [0.1, 0.15) is 5.01 Å². The number of anilines is 1. The van der Waals surface area contributed by atoms with E-state index in [0.29, 0.717) is 18.3 Å². The molecule has 1 unspecified atom stereocenters. The standard InChI is InChI=1S/C12H20N4OS/c1-8(2)11-14-15-12(18-11)16-5-4-9(7-16)6-10(17)13-3/h8-9H,4-7H2,1-3H3,(H,13,17). The summed E-state index contributed by atoms with van der Waals surface area (Å²) in [4.78, 5) is 13.6. The monoisotopic (exact) mass is 268 g/mol. The molecule has 0 aliphatic carbocycles. The molecule has 0 bridgehead atoms. The van der Waals surface area contributed by atoms with Gasteiger partial charge in [-0.05, 0) is 12.3 Å². The molecule has 1 aliphatic heterocycles. The SMILES string of the molecule is CNC(=O)CC1CCN(c2nnc(C(C)C)s2)C1. The Morgan fingerprint density at radius 3 is 2.94 bits per heavy atom. The van der Waals surface area contributed by atoms with Gasteiger partial charge in [-0.25, -0.2) is 0 Å². The van der Waals surface area contributed by atoms with Crippen LogP contribution >= 0.6 is 11.3 Å². The number of carbonyl (C=O) groups excluding carboxylic acids is 1. The molecule has 2 rings (SSSR count). The van der Waals surface area contributed by atoms with Crippen LogP contribution in [0.15, 0.2) is 0 Å². The number of nitrogens with one attached hydrogen (secondary N) is 1. The number of aromatic nitrogens is 2. The predicted octanol–water partition coefficient (Wildman–Crippen LogP) is 1.62. The molecule has 100 valence electrons. The van der Waals surface area contributed by atoms with Crippen molar-refractivity contribution >= 4 is 22.4 Å². The minimum absolute atomic E-state index is 0.127. The van der Waals surface area contributed by atoms with Crippen molar-refractivity contribution in [3.8, 4) is 0 Å². The highest BCUT2D eigenvalue weighted by Crippen LogP contribution is 2.30. The molecular weight excluding hydrogens is 248 g/mol. The molecule has 6 heteroatoms. The molecule has 1 aromatic rings. The Labute approximate surface area is 112 Å². The minimum Gasteiger partial charge on any atom is -0.359 e. The Bertz CT molecular complexity index is 418. The van der Waals surface area contributed by atoms with Crippen molar-refractivity contribution in [2.45, 2.75) is 32.6 Å². The van der Waals surface area contributed by atoms with E-state index in [1.54, 1.807) is 18.4 Å². The lowest BCUT2D eigenvalue weighted by Crippen LogP contribution is -2.24. The third-order valence-electron chi connectivity index (χ3n) is 3.23. The van der Waals surface area contributed by atoms with Gasteiger partial charge < -0.3 is 10.2 Å². The van der Waals surface area contributed by atoms with E-state index in [0.717, 1.165) is 29.6 Å². The first-order valence-electron chi connectivity index (χ1n) is 6.39. The highest BCUT2D eigenvalue weighted by Gasteiger charge is 2.26. The average Bonchev–Trinajstić information content (AvgIpc) is 2.96. The molecule has 1 fully saturated rings. The summed E-state index contributed by atoms with van der Waals surface area (Å²) in [6.07, 6.45) is 1.67. The first-order chi connectivity index (χ1) is 8.60. The third-order valence-corrected chi connectivity index (χ3v) is 4.52. The number of carbonyl (C=O) groups is 1. The zero-order chi connectivity index (χ0) is 13.1. The van der Waals surface area contributed by atoms with Gasteiger partial charge in [0.15, 0.2) is 0 Å². The van der Waals surface area contributed by atoms with E-state index in [1.165, 1.54) is 0 Å². The van der Waals surface area contributed by atoms with Crippen LogP contribution in [0.3, 0.4) is 0 Å². The van der Waals surface area contributed by atoms with Crippen molar-refractivity contribution in [1.29, 1.82) is 0 Å². The lowest BCUT2D eigenvalue weighted by Gasteiger charge is -2.13. The van der Waals surface area contributed by atoms with Gasteiger partial charge in [0.25, 0.3) is 0 Å². The number of rotatable bonds is 4. The van der Waals surface area contributed by atoms with Crippen LogP contribution < -0.4 is 10.2 Å². The van der Waals surface area contributed by atoms with Crippen LogP contribution in [0, 0.1) is 5.92 Å². The van der Waals surface area contributed by atoms with Crippen molar-refractivity contribution in [1.82, 2.24) is 15.5 Å². The average molecular weight is 268 g/mol. The Kier molecular flexibility index (Phi) is 4.16. The molecule has 1 aromatic heterocycles. The second kappa shape index (κ2) is 5.65. The fourth-order valence-corrected chi connectivity index (χ4v) is 3.01. The van der Waals surface area contributed by atoms with E-state index in [9.17, 15) is 4.79 Å². The maximum Gasteiger partial charge on any atom is 0.220 e. The molecule has 1 aliphatic rings. The Balaban J connectivity index is 1.93.